The first-order valence-electron chi connectivity index (χ1n) is 12.2. The van der Waals surface area contributed by atoms with Gasteiger partial charge in [0.05, 0.1) is 11.9 Å². The Bertz CT molecular complexity index is 1340. The van der Waals surface area contributed by atoms with E-state index in [1.165, 1.54) is 11.9 Å². The summed E-state index contributed by atoms with van der Waals surface area (Å²) in [5.41, 5.74) is 4.75. The molecule has 1 atom stereocenters. The minimum atomic E-state index is -3.80. The van der Waals surface area contributed by atoms with Crippen LogP contribution in [0.4, 0.5) is 5.69 Å². The average Bonchev–Trinajstić information content (AvgIpc) is 2.85. The molecular formula is C29H35N3O4S. The van der Waals surface area contributed by atoms with Gasteiger partial charge in [-0.2, -0.15) is 0 Å². The lowest BCUT2D eigenvalue weighted by Gasteiger charge is -2.34. The van der Waals surface area contributed by atoms with E-state index in [4.69, 9.17) is 0 Å². The van der Waals surface area contributed by atoms with E-state index in [1.54, 1.807) is 0 Å². The molecule has 0 bridgehead atoms. The maximum atomic E-state index is 14.0. The first-order valence-corrected chi connectivity index (χ1v) is 14.0. The predicted molar refractivity (Wildman–Crippen MR) is 148 cm³/mol. The molecule has 7 nitrogen and oxygen atoms in total. The van der Waals surface area contributed by atoms with Crippen LogP contribution in [0.3, 0.4) is 0 Å². The standard InChI is InChI=1S/C29H35N3O4S/c1-21-11-9-16-25(17-21)19-31(26(29(34)30-4)18-24-14-7-6-8-15-24)27(33)20-32(37(5,35)36)28-22(2)12-10-13-23(28)3/h6-17,26H,18-20H2,1-5H3,(H,30,34)/t26-/m1/s1. The summed E-state index contributed by atoms with van der Waals surface area (Å²) < 4.78 is 27.0. The first-order chi connectivity index (χ1) is 17.5. The van der Waals surface area contributed by atoms with Gasteiger partial charge in [0.25, 0.3) is 0 Å². The Morgan fingerprint density at radius 1 is 0.865 bits per heavy atom. The summed E-state index contributed by atoms with van der Waals surface area (Å²) in [5.74, 6) is -0.776. The molecule has 37 heavy (non-hydrogen) atoms. The van der Waals surface area contributed by atoms with E-state index in [0.29, 0.717) is 12.1 Å². The van der Waals surface area contributed by atoms with Crippen molar-refractivity contribution in [2.24, 2.45) is 0 Å². The number of nitrogens with one attached hydrogen (secondary N) is 1. The molecule has 0 spiro atoms. The van der Waals surface area contributed by atoms with Gasteiger partial charge in [-0.15, -0.1) is 0 Å². The van der Waals surface area contributed by atoms with Gasteiger partial charge in [0.1, 0.15) is 12.6 Å². The van der Waals surface area contributed by atoms with Crippen molar-refractivity contribution < 1.29 is 18.0 Å². The van der Waals surface area contributed by atoms with Gasteiger partial charge in [-0.1, -0.05) is 78.4 Å². The summed E-state index contributed by atoms with van der Waals surface area (Å²) in [6.45, 7) is 5.34. The van der Waals surface area contributed by atoms with Gasteiger partial charge in [0.15, 0.2) is 0 Å². The van der Waals surface area contributed by atoms with Crippen LogP contribution in [0.1, 0.15) is 27.8 Å². The molecular weight excluding hydrogens is 486 g/mol. The monoisotopic (exact) mass is 521 g/mol. The molecule has 3 aromatic carbocycles. The highest BCUT2D eigenvalue weighted by atomic mass is 32.2. The molecule has 8 heteroatoms. The van der Waals surface area contributed by atoms with Crippen LogP contribution in [0.5, 0.6) is 0 Å². The second-order valence-electron chi connectivity index (χ2n) is 9.34. The van der Waals surface area contributed by atoms with Crippen molar-refractivity contribution >= 4 is 27.5 Å². The van der Waals surface area contributed by atoms with Crippen molar-refractivity contribution in [2.45, 2.75) is 39.8 Å². The van der Waals surface area contributed by atoms with Crippen molar-refractivity contribution in [2.75, 3.05) is 24.2 Å². The number of anilines is 1. The smallest absolute Gasteiger partial charge is 0.244 e. The second-order valence-corrected chi connectivity index (χ2v) is 11.2. The van der Waals surface area contributed by atoms with Crippen LogP contribution in [-0.2, 0) is 32.6 Å². The largest absolute Gasteiger partial charge is 0.357 e. The summed E-state index contributed by atoms with van der Waals surface area (Å²) in [6.07, 6.45) is 1.39. The van der Waals surface area contributed by atoms with Crippen molar-refractivity contribution in [3.8, 4) is 0 Å². The Labute approximate surface area is 220 Å². The average molecular weight is 522 g/mol. The number of carbonyl (C=O) groups excluding carboxylic acids is 2. The van der Waals surface area contributed by atoms with E-state index in [2.05, 4.69) is 5.32 Å². The van der Waals surface area contributed by atoms with Crippen molar-refractivity contribution in [1.82, 2.24) is 10.2 Å². The topological polar surface area (TPSA) is 86.8 Å². The molecule has 3 aromatic rings. The normalized spacial score (nSPS) is 12.0. The van der Waals surface area contributed by atoms with Crippen molar-refractivity contribution in [3.63, 3.8) is 0 Å². The van der Waals surface area contributed by atoms with E-state index in [0.717, 1.165) is 38.4 Å². The van der Waals surface area contributed by atoms with Crippen molar-refractivity contribution in [1.29, 1.82) is 0 Å². The van der Waals surface area contributed by atoms with Crippen molar-refractivity contribution in [3.05, 3.63) is 101 Å². The van der Waals surface area contributed by atoms with Crippen LogP contribution >= 0.6 is 0 Å². The van der Waals surface area contributed by atoms with Gasteiger partial charge in [0, 0.05) is 20.0 Å². The Hall–Kier alpha value is -3.65. The zero-order valence-electron chi connectivity index (χ0n) is 22.1. The summed E-state index contributed by atoms with van der Waals surface area (Å²) in [7, 11) is -2.26. The lowest BCUT2D eigenvalue weighted by molar-refractivity contribution is -0.139. The maximum absolute atomic E-state index is 14.0. The van der Waals surface area contributed by atoms with Gasteiger partial charge in [-0.3, -0.25) is 13.9 Å². The number of rotatable bonds is 10. The van der Waals surface area contributed by atoms with Crippen LogP contribution < -0.4 is 9.62 Å². The highest BCUT2D eigenvalue weighted by Crippen LogP contribution is 2.27. The molecule has 0 aliphatic rings. The predicted octanol–water partition coefficient (Wildman–Crippen LogP) is 3.76. The fourth-order valence-corrected chi connectivity index (χ4v) is 5.47. The Kier molecular flexibility index (Phi) is 9.10. The molecule has 0 radical (unpaired) electrons. The quantitative estimate of drug-likeness (QED) is 0.440. The number of para-hydroxylation sites is 1. The molecule has 0 unspecified atom stereocenters. The number of aryl methyl sites for hydroxylation is 3. The van der Waals surface area contributed by atoms with Crippen LogP contribution in [-0.4, -0.2) is 51.0 Å². The number of carbonyl (C=O) groups is 2. The third-order valence-electron chi connectivity index (χ3n) is 6.32. The summed E-state index contributed by atoms with van der Waals surface area (Å²) >= 11 is 0. The molecule has 0 fully saturated rings. The first kappa shape index (κ1) is 27.9. The number of likely N-dealkylation sites (N-methyl/N-ethyl adjacent to an activating group) is 1. The van der Waals surface area contributed by atoms with Gasteiger partial charge in [-0.25, -0.2) is 8.42 Å². The molecule has 2 amide bonds. The SMILES string of the molecule is CNC(=O)[C@@H](Cc1ccccc1)N(Cc1cccc(C)c1)C(=O)CN(c1c(C)cccc1C)S(C)(=O)=O. The van der Waals surface area contributed by atoms with E-state index < -0.39 is 28.5 Å². The number of hydrogen-bond donors (Lipinski definition) is 1. The minimum absolute atomic E-state index is 0.162. The number of hydrogen-bond acceptors (Lipinski definition) is 4. The van der Waals surface area contributed by atoms with Gasteiger partial charge in [-0.05, 0) is 43.0 Å². The van der Waals surface area contributed by atoms with E-state index in [1.807, 2.05) is 93.6 Å². The van der Waals surface area contributed by atoms with Gasteiger partial charge < -0.3 is 10.2 Å². The molecule has 0 aromatic heterocycles. The summed E-state index contributed by atoms with van der Waals surface area (Å²) in [5, 5.41) is 2.69. The lowest BCUT2D eigenvalue weighted by atomic mass is 10.0. The molecule has 196 valence electrons. The van der Waals surface area contributed by atoms with Crippen LogP contribution in [0.15, 0.2) is 72.8 Å². The number of nitrogens with zero attached hydrogens (tertiary/aromatic N) is 2. The number of benzene rings is 3. The number of amides is 2. The number of sulfonamides is 1. The van der Waals surface area contributed by atoms with Gasteiger partial charge >= 0.3 is 0 Å². The highest BCUT2D eigenvalue weighted by molar-refractivity contribution is 7.92. The third-order valence-corrected chi connectivity index (χ3v) is 7.43. The van der Waals surface area contributed by atoms with E-state index in [-0.39, 0.29) is 12.5 Å². The van der Waals surface area contributed by atoms with E-state index in [9.17, 15) is 18.0 Å². The van der Waals surface area contributed by atoms with E-state index >= 15 is 0 Å². The molecule has 0 saturated carbocycles. The zero-order chi connectivity index (χ0) is 27.2. The van der Waals surface area contributed by atoms with Crippen LogP contribution in [0.2, 0.25) is 0 Å². The minimum Gasteiger partial charge on any atom is -0.357 e. The Morgan fingerprint density at radius 2 is 1.46 bits per heavy atom. The third kappa shape index (κ3) is 7.20. The lowest BCUT2D eigenvalue weighted by Crippen LogP contribution is -2.53. The summed E-state index contributed by atoms with van der Waals surface area (Å²) in [6, 6.07) is 21.8. The Balaban J connectivity index is 2.07. The summed E-state index contributed by atoms with van der Waals surface area (Å²) in [4.78, 5) is 28.6. The molecule has 3 rings (SSSR count). The van der Waals surface area contributed by atoms with Crippen LogP contribution in [0.25, 0.3) is 0 Å². The maximum Gasteiger partial charge on any atom is 0.244 e. The molecule has 0 aliphatic carbocycles. The highest BCUT2D eigenvalue weighted by Gasteiger charge is 2.33. The van der Waals surface area contributed by atoms with Crippen LogP contribution in [0, 0.1) is 20.8 Å². The fraction of sp³-hybridized carbons (Fsp3) is 0.310. The molecule has 0 saturated heterocycles. The fourth-order valence-electron chi connectivity index (χ4n) is 4.50. The molecule has 0 aliphatic heterocycles. The zero-order valence-corrected chi connectivity index (χ0v) is 22.9. The Morgan fingerprint density at radius 3 is 2.03 bits per heavy atom. The molecule has 0 heterocycles. The van der Waals surface area contributed by atoms with Gasteiger partial charge in [0.2, 0.25) is 21.8 Å². The second kappa shape index (κ2) is 12.1. The molecule has 1 N–H and O–H groups in total.